The molecule has 0 aliphatic heterocycles. The van der Waals surface area contributed by atoms with Crippen molar-refractivity contribution in [2.75, 3.05) is 12.5 Å². The van der Waals surface area contributed by atoms with Crippen LogP contribution in [0.15, 0.2) is 18.2 Å². The van der Waals surface area contributed by atoms with Crippen LogP contribution in [0.5, 0.6) is 11.5 Å². The van der Waals surface area contributed by atoms with Crippen molar-refractivity contribution in [3.63, 3.8) is 0 Å². The zero-order chi connectivity index (χ0) is 10.6. The summed E-state index contributed by atoms with van der Waals surface area (Å²) in [6.45, 7) is -2.87. The van der Waals surface area contributed by atoms with Crippen molar-refractivity contribution in [2.45, 2.75) is 6.61 Å². The molecule has 0 radical (unpaired) electrons. The molecule has 78 valence electrons. The molecule has 4 nitrogen and oxygen atoms in total. The van der Waals surface area contributed by atoms with E-state index < -0.39 is 6.61 Å². The number of hydrogen-bond acceptors (Lipinski definition) is 4. The minimum absolute atomic E-state index is 0.00713. The van der Waals surface area contributed by atoms with E-state index in [0.717, 1.165) is 0 Å². The van der Waals surface area contributed by atoms with Gasteiger partial charge in [-0.05, 0) is 0 Å². The number of hydrazine groups is 1. The maximum absolute atomic E-state index is 11.9. The smallest absolute Gasteiger partial charge is 0.387 e. The Morgan fingerprint density at radius 2 is 1.93 bits per heavy atom. The summed E-state index contributed by atoms with van der Waals surface area (Å²) in [6, 6.07) is 4.24. The zero-order valence-electron chi connectivity index (χ0n) is 7.46. The number of alkyl halides is 2. The summed E-state index contributed by atoms with van der Waals surface area (Å²) in [4.78, 5) is 0. The van der Waals surface area contributed by atoms with Crippen LogP contribution in [0.3, 0.4) is 0 Å². The normalized spacial score (nSPS) is 10.1. The Bertz CT molecular complexity index is 285. The lowest BCUT2D eigenvalue weighted by molar-refractivity contribution is -0.0498. The van der Waals surface area contributed by atoms with E-state index in [1.54, 1.807) is 6.07 Å². The van der Waals surface area contributed by atoms with Crippen LogP contribution in [0.4, 0.5) is 14.5 Å². The van der Waals surface area contributed by atoms with Crippen molar-refractivity contribution >= 4 is 5.69 Å². The number of anilines is 1. The number of benzene rings is 1. The van der Waals surface area contributed by atoms with Crippen LogP contribution in [0, 0.1) is 0 Å². The number of nitrogens with two attached hydrogens (primary N) is 1. The highest BCUT2D eigenvalue weighted by Gasteiger charge is 2.07. The highest BCUT2D eigenvalue weighted by molar-refractivity contribution is 5.52. The summed E-state index contributed by atoms with van der Waals surface area (Å²) in [6.07, 6.45) is 0. The first-order valence-electron chi connectivity index (χ1n) is 3.76. The second-order valence-electron chi connectivity index (χ2n) is 2.42. The molecule has 0 fully saturated rings. The van der Waals surface area contributed by atoms with E-state index in [2.05, 4.69) is 10.2 Å². The van der Waals surface area contributed by atoms with Gasteiger partial charge < -0.3 is 14.9 Å². The second-order valence-corrected chi connectivity index (χ2v) is 2.42. The molecule has 0 atom stereocenters. The van der Waals surface area contributed by atoms with Gasteiger partial charge in [0.25, 0.3) is 0 Å². The molecule has 1 rings (SSSR count). The maximum atomic E-state index is 11.9. The number of ether oxygens (including phenoxy) is 2. The molecule has 3 N–H and O–H groups in total. The van der Waals surface area contributed by atoms with Gasteiger partial charge in [-0.2, -0.15) is 8.78 Å². The number of nitrogen functional groups attached to an aromatic ring is 1. The lowest BCUT2D eigenvalue weighted by atomic mass is 10.3. The van der Waals surface area contributed by atoms with Gasteiger partial charge in [-0.1, -0.05) is 0 Å². The molecule has 6 heteroatoms. The van der Waals surface area contributed by atoms with Gasteiger partial charge in [-0.25, -0.2) is 0 Å². The molecule has 0 unspecified atom stereocenters. The molecule has 0 aliphatic rings. The van der Waals surface area contributed by atoms with Crippen LogP contribution in [-0.2, 0) is 0 Å². The van der Waals surface area contributed by atoms with Crippen molar-refractivity contribution in [3.05, 3.63) is 18.2 Å². The Balaban J connectivity index is 2.92. The molecule has 1 aromatic rings. The van der Waals surface area contributed by atoms with Crippen LogP contribution in [-0.4, -0.2) is 13.7 Å². The van der Waals surface area contributed by atoms with E-state index in [1.165, 1.54) is 19.2 Å². The predicted molar refractivity (Wildman–Crippen MR) is 47.4 cm³/mol. The van der Waals surface area contributed by atoms with E-state index in [1.807, 2.05) is 0 Å². The molecular weight excluding hydrogens is 194 g/mol. The van der Waals surface area contributed by atoms with E-state index in [4.69, 9.17) is 10.6 Å². The third-order valence-corrected chi connectivity index (χ3v) is 1.51. The molecule has 0 bridgehead atoms. The fourth-order valence-corrected chi connectivity index (χ4v) is 0.944. The second kappa shape index (κ2) is 4.61. The topological polar surface area (TPSA) is 56.5 Å². The lowest BCUT2D eigenvalue weighted by Gasteiger charge is -2.09. The maximum Gasteiger partial charge on any atom is 0.387 e. The number of nitrogens with one attached hydrogen (secondary N) is 1. The average molecular weight is 204 g/mol. The minimum atomic E-state index is -2.87. The van der Waals surface area contributed by atoms with E-state index >= 15 is 0 Å². The van der Waals surface area contributed by atoms with Gasteiger partial charge in [-0.15, -0.1) is 0 Å². The first-order chi connectivity index (χ1) is 6.65. The Kier molecular flexibility index (Phi) is 3.47. The fourth-order valence-electron chi connectivity index (χ4n) is 0.944. The van der Waals surface area contributed by atoms with Crippen LogP contribution in [0.25, 0.3) is 0 Å². The third-order valence-electron chi connectivity index (χ3n) is 1.51. The molecule has 0 aliphatic carbocycles. The molecule has 0 amide bonds. The molecule has 0 heterocycles. The minimum Gasteiger partial charge on any atom is -0.497 e. The SMILES string of the molecule is COc1cc(NN)cc(OC(F)F)c1. The molecule has 0 spiro atoms. The van der Waals surface area contributed by atoms with E-state index in [9.17, 15) is 8.78 Å². The van der Waals surface area contributed by atoms with Gasteiger partial charge >= 0.3 is 6.61 Å². The highest BCUT2D eigenvalue weighted by Crippen LogP contribution is 2.26. The molecular formula is C8H10F2N2O2. The standard InChI is InChI=1S/C8H10F2N2O2/c1-13-6-2-5(12-11)3-7(4-6)14-8(9)10/h2-4,8,12H,11H2,1H3. The zero-order valence-corrected chi connectivity index (χ0v) is 7.46. The van der Waals surface area contributed by atoms with Gasteiger partial charge in [-0.3, -0.25) is 5.84 Å². The van der Waals surface area contributed by atoms with Gasteiger partial charge in [0, 0.05) is 18.2 Å². The highest BCUT2D eigenvalue weighted by atomic mass is 19.3. The number of methoxy groups -OCH3 is 1. The first kappa shape index (κ1) is 10.5. The van der Waals surface area contributed by atoms with Crippen molar-refractivity contribution < 1.29 is 18.3 Å². The third kappa shape index (κ3) is 2.74. The molecule has 0 saturated heterocycles. The predicted octanol–water partition coefficient (Wildman–Crippen LogP) is 1.58. The van der Waals surface area contributed by atoms with Crippen molar-refractivity contribution in [1.82, 2.24) is 0 Å². The van der Waals surface area contributed by atoms with Crippen LogP contribution in [0.1, 0.15) is 0 Å². The van der Waals surface area contributed by atoms with Crippen molar-refractivity contribution in [2.24, 2.45) is 5.84 Å². The molecule has 1 aromatic carbocycles. The van der Waals surface area contributed by atoms with Gasteiger partial charge in [0.2, 0.25) is 0 Å². The Labute approximate surface area is 79.6 Å². The molecule has 0 saturated carbocycles. The van der Waals surface area contributed by atoms with Crippen molar-refractivity contribution in [3.8, 4) is 11.5 Å². The van der Waals surface area contributed by atoms with Gasteiger partial charge in [0.15, 0.2) is 0 Å². The van der Waals surface area contributed by atoms with E-state index in [0.29, 0.717) is 11.4 Å². The summed E-state index contributed by atoms with van der Waals surface area (Å²) in [5.41, 5.74) is 2.74. The van der Waals surface area contributed by atoms with Crippen LogP contribution < -0.4 is 20.7 Å². The molecule has 14 heavy (non-hydrogen) atoms. The molecule has 0 aromatic heterocycles. The monoisotopic (exact) mass is 204 g/mol. The summed E-state index contributed by atoms with van der Waals surface area (Å²) in [5.74, 6) is 5.50. The Morgan fingerprint density at radius 3 is 2.43 bits per heavy atom. The number of hydrogen-bond donors (Lipinski definition) is 2. The number of rotatable bonds is 4. The van der Waals surface area contributed by atoms with Gasteiger partial charge in [0.1, 0.15) is 11.5 Å². The average Bonchev–Trinajstić information content (AvgIpc) is 2.16. The lowest BCUT2D eigenvalue weighted by Crippen LogP contribution is -2.08. The summed E-state index contributed by atoms with van der Waals surface area (Å²) in [5, 5.41) is 0. The summed E-state index contributed by atoms with van der Waals surface area (Å²) < 4.78 is 32.8. The van der Waals surface area contributed by atoms with Crippen molar-refractivity contribution in [1.29, 1.82) is 0 Å². The first-order valence-corrected chi connectivity index (χ1v) is 3.76. The number of halogens is 2. The largest absolute Gasteiger partial charge is 0.497 e. The van der Waals surface area contributed by atoms with Gasteiger partial charge in [0.05, 0.1) is 12.8 Å². The quantitative estimate of drug-likeness (QED) is 0.577. The van der Waals surface area contributed by atoms with Crippen LogP contribution in [0.2, 0.25) is 0 Å². The summed E-state index contributed by atoms with van der Waals surface area (Å²) >= 11 is 0. The summed E-state index contributed by atoms with van der Waals surface area (Å²) in [7, 11) is 1.42. The Hall–Kier alpha value is -1.56. The van der Waals surface area contributed by atoms with Crippen LogP contribution >= 0.6 is 0 Å². The Morgan fingerprint density at radius 1 is 1.29 bits per heavy atom. The fraction of sp³-hybridized carbons (Fsp3) is 0.250. The van der Waals surface area contributed by atoms with E-state index in [-0.39, 0.29) is 5.75 Å².